The first-order valence-electron chi connectivity index (χ1n) is 8.43. The molecule has 0 unspecified atom stereocenters. The molecule has 0 aliphatic heterocycles. The minimum Gasteiger partial charge on any atom is -0.491 e. The van der Waals surface area contributed by atoms with Gasteiger partial charge in [0, 0.05) is 5.69 Å². The second kappa shape index (κ2) is 9.38. The third kappa shape index (κ3) is 6.14. The third-order valence-corrected chi connectivity index (χ3v) is 3.44. The second-order valence-electron chi connectivity index (χ2n) is 6.00. The maximum atomic E-state index is 12.1. The molecule has 2 amide bonds. The minimum absolute atomic E-state index is 0.0574. The van der Waals surface area contributed by atoms with Crippen LogP contribution in [0.25, 0.3) is 0 Å². The lowest BCUT2D eigenvalue weighted by Gasteiger charge is -2.11. The molecular formula is C20H22N2O5. The van der Waals surface area contributed by atoms with E-state index in [-0.39, 0.29) is 23.8 Å². The van der Waals surface area contributed by atoms with E-state index in [1.165, 1.54) is 13.2 Å². The molecule has 0 atom stereocenters. The van der Waals surface area contributed by atoms with Gasteiger partial charge in [0.1, 0.15) is 12.2 Å². The summed E-state index contributed by atoms with van der Waals surface area (Å²) in [5.41, 5.74) is 1.06. The Labute approximate surface area is 157 Å². The highest BCUT2D eigenvalue weighted by molar-refractivity contribution is 6.09. The van der Waals surface area contributed by atoms with Crippen LogP contribution in [-0.4, -0.2) is 31.0 Å². The van der Waals surface area contributed by atoms with Crippen LogP contribution in [0, 0.1) is 0 Å². The molecule has 2 N–H and O–H groups in total. The normalized spacial score (nSPS) is 10.2. The molecule has 0 saturated carbocycles. The van der Waals surface area contributed by atoms with Gasteiger partial charge in [-0.2, -0.15) is 0 Å². The van der Waals surface area contributed by atoms with Crippen LogP contribution in [0.2, 0.25) is 0 Å². The molecule has 0 heterocycles. The summed E-state index contributed by atoms with van der Waals surface area (Å²) in [7, 11) is 1.26. The van der Waals surface area contributed by atoms with Crippen LogP contribution >= 0.6 is 0 Å². The summed E-state index contributed by atoms with van der Waals surface area (Å²) >= 11 is 0. The van der Waals surface area contributed by atoms with Crippen LogP contribution in [-0.2, 0) is 14.3 Å². The molecule has 0 radical (unpaired) electrons. The Morgan fingerprint density at radius 3 is 2.19 bits per heavy atom. The first-order chi connectivity index (χ1) is 12.9. The van der Waals surface area contributed by atoms with Gasteiger partial charge < -0.3 is 20.1 Å². The lowest BCUT2D eigenvalue weighted by Crippen LogP contribution is -2.22. The fourth-order valence-electron chi connectivity index (χ4n) is 2.31. The van der Waals surface area contributed by atoms with Crippen LogP contribution in [0.15, 0.2) is 48.5 Å². The number of carbonyl (C=O) groups excluding carboxylic acids is 3. The average molecular weight is 370 g/mol. The number of anilines is 2. The van der Waals surface area contributed by atoms with Crippen molar-refractivity contribution in [1.82, 2.24) is 0 Å². The predicted molar refractivity (Wildman–Crippen MR) is 102 cm³/mol. The Hall–Kier alpha value is -3.35. The summed E-state index contributed by atoms with van der Waals surface area (Å²) in [4.78, 5) is 35.9. The maximum absolute atomic E-state index is 12.1. The number of hydrogen-bond acceptors (Lipinski definition) is 5. The van der Waals surface area contributed by atoms with E-state index in [1.54, 1.807) is 42.5 Å². The van der Waals surface area contributed by atoms with Crippen LogP contribution in [0.1, 0.15) is 30.6 Å². The molecule has 0 aliphatic rings. The SMILES string of the molecule is COC(=O)c1ccccc1NC(=O)CC(=O)Nc1ccc(OC(C)C)cc1. The molecule has 7 heteroatoms. The summed E-state index contributed by atoms with van der Waals surface area (Å²) in [6.07, 6.45) is -0.332. The van der Waals surface area contributed by atoms with Gasteiger partial charge in [0.15, 0.2) is 0 Å². The van der Waals surface area contributed by atoms with Gasteiger partial charge >= 0.3 is 5.97 Å². The summed E-state index contributed by atoms with van der Waals surface area (Å²) in [6.45, 7) is 3.85. The number of ether oxygens (including phenoxy) is 2. The zero-order valence-corrected chi connectivity index (χ0v) is 15.4. The minimum atomic E-state index is -0.570. The fraction of sp³-hybridized carbons (Fsp3) is 0.250. The molecule has 2 rings (SSSR count). The van der Waals surface area contributed by atoms with Crippen molar-refractivity contribution in [3.63, 3.8) is 0 Å². The van der Waals surface area contributed by atoms with Crippen LogP contribution in [0.3, 0.4) is 0 Å². The number of amides is 2. The molecule has 27 heavy (non-hydrogen) atoms. The quantitative estimate of drug-likeness (QED) is 0.576. The van der Waals surface area contributed by atoms with E-state index in [2.05, 4.69) is 15.4 Å². The highest BCUT2D eigenvalue weighted by Crippen LogP contribution is 2.18. The first-order valence-corrected chi connectivity index (χ1v) is 8.43. The van der Waals surface area contributed by atoms with Crippen LogP contribution in [0.4, 0.5) is 11.4 Å². The van der Waals surface area contributed by atoms with E-state index < -0.39 is 17.8 Å². The van der Waals surface area contributed by atoms with Crippen molar-refractivity contribution in [2.75, 3.05) is 17.7 Å². The molecule has 7 nitrogen and oxygen atoms in total. The topological polar surface area (TPSA) is 93.7 Å². The number of rotatable bonds is 7. The van der Waals surface area contributed by atoms with E-state index in [4.69, 9.17) is 4.74 Å². The summed E-state index contributed by atoms with van der Waals surface area (Å²) in [5.74, 6) is -0.886. The zero-order chi connectivity index (χ0) is 19.8. The monoisotopic (exact) mass is 370 g/mol. The Morgan fingerprint density at radius 1 is 0.926 bits per heavy atom. The lowest BCUT2D eigenvalue weighted by molar-refractivity contribution is -0.123. The van der Waals surface area contributed by atoms with Crippen LogP contribution in [0.5, 0.6) is 5.75 Å². The van der Waals surface area contributed by atoms with Crippen molar-refractivity contribution in [2.45, 2.75) is 26.4 Å². The van der Waals surface area contributed by atoms with Crippen molar-refractivity contribution >= 4 is 29.2 Å². The van der Waals surface area contributed by atoms with E-state index in [0.29, 0.717) is 11.4 Å². The Morgan fingerprint density at radius 2 is 1.56 bits per heavy atom. The molecule has 0 bridgehead atoms. The Kier molecular flexibility index (Phi) is 6.93. The largest absolute Gasteiger partial charge is 0.491 e. The number of methoxy groups -OCH3 is 1. The molecule has 0 aliphatic carbocycles. The van der Waals surface area contributed by atoms with Gasteiger partial charge in [-0.1, -0.05) is 12.1 Å². The number of carbonyl (C=O) groups is 3. The van der Waals surface area contributed by atoms with Gasteiger partial charge in [-0.15, -0.1) is 0 Å². The predicted octanol–water partition coefficient (Wildman–Crippen LogP) is 3.23. The Balaban J connectivity index is 1.93. The van der Waals surface area contributed by atoms with Crippen LogP contribution < -0.4 is 15.4 Å². The Bertz CT molecular complexity index is 815. The van der Waals surface area contributed by atoms with Crippen molar-refractivity contribution in [2.24, 2.45) is 0 Å². The molecule has 142 valence electrons. The van der Waals surface area contributed by atoms with E-state index in [0.717, 1.165) is 0 Å². The van der Waals surface area contributed by atoms with Gasteiger partial charge in [-0.05, 0) is 50.2 Å². The number of nitrogens with one attached hydrogen (secondary N) is 2. The highest BCUT2D eigenvalue weighted by Gasteiger charge is 2.15. The van der Waals surface area contributed by atoms with E-state index in [1.807, 2.05) is 13.8 Å². The molecule has 0 saturated heterocycles. The smallest absolute Gasteiger partial charge is 0.339 e. The first kappa shape index (κ1) is 20.0. The number of benzene rings is 2. The molecule has 2 aromatic rings. The third-order valence-electron chi connectivity index (χ3n) is 3.44. The number of para-hydroxylation sites is 1. The molecule has 0 fully saturated rings. The van der Waals surface area contributed by atoms with Crippen molar-refractivity contribution < 1.29 is 23.9 Å². The maximum Gasteiger partial charge on any atom is 0.339 e. The van der Waals surface area contributed by atoms with Crippen molar-refractivity contribution in [3.8, 4) is 5.75 Å². The fourth-order valence-corrected chi connectivity index (χ4v) is 2.31. The molecule has 0 spiro atoms. The van der Waals surface area contributed by atoms with E-state index in [9.17, 15) is 14.4 Å². The molecule has 0 aromatic heterocycles. The average Bonchev–Trinajstić information content (AvgIpc) is 2.62. The van der Waals surface area contributed by atoms with E-state index >= 15 is 0 Å². The number of esters is 1. The van der Waals surface area contributed by atoms with Crippen molar-refractivity contribution in [1.29, 1.82) is 0 Å². The van der Waals surface area contributed by atoms with Gasteiger partial charge in [0.2, 0.25) is 11.8 Å². The summed E-state index contributed by atoms with van der Waals surface area (Å²) in [6, 6.07) is 13.3. The molecular weight excluding hydrogens is 348 g/mol. The van der Waals surface area contributed by atoms with Crippen molar-refractivity contribution in [3.05, 3.63) is 54.1 Å². The van der Waals surface area contributed by atoms with Gasteiger partial charge in [-0.3, -0.25) is 9.59 Å². The molecule has 2 aromatic carbocycles. The summed E-state index contributed by atoms with van der Waals surface area (Å²) in [5, 5.41) is 5.19. The lowest BCUT2D eigenvalue weighted by atomic mass is 10.1. The number of hydrogen-bond donors (Lipinski definition) is 2. The summed E-state index contributed by atoms with van der Waals surface area (Å²) < 4.78 is 10.2. The van der Waals surface area contributed by atoms with Gasteiger partial charge in [0.25, 0.3) is 0 Å². The zero-order valence-electron chi connectivity index (χ0n) is 15.4. The highest BCUT2D eigenvalue weighted by atomic mass is 16.5. The second-order valence-corrected chi connectivity index (χ2v) is 6.00. The van der Waals surface area contributed by atoms with Gasteiger partial charge in [0.05, 0.1) is 24.5 Å². The standard InChI is InChI=1S/C20H22N2O5/c1-13(2)27-15-10-8-14(9-11-15)21-18(23)12-19(24)22-17-7-5-4-6-16(17)20(25)26-3/h4-11,13H,12H2,1-3H3,(H,21,23)(H,22,24). The van der Waals surface area contributed by atoms with Gasteiger partial charge in [-0.25, -0.2) is 4.79 Å².